The molecule has 0 saturated heterocycles. The number of carbonyl (C=O) groups excluding carboxylic acids is 1. The van der Waals surface area contributed by atoms with Crippen LogP contribution in [0.5, 0.6) is 17.4 Å². The summed E-state index contributed by atoms with van der Waals surface area (Å²) in [7, 11) is 0. The number of aromatic nitrogens is 1. The van der Waals surface area contributed by atoms with E-state index < -0.39 is 11.8 Å². The quantitative estimate of drug-likeness (QED) is 0.801. The highest BCUT2D eigenvalue weighted by Gasteiger charge is 2.38. The first-order valence-electron chi connectivity index (χ1n) is 9.70. The number of nitrogens with zero attached hydrogens (tertiary/aromatic N) is 2. The van der Waals surface area contributed by atoms with Crippen molar-refractivity contribution in [2.24, 2.45) is 5.73 Å². The third kappa shape index (κ3) is 2.99. The van der Waals surface area contributed by atoms with Crippen LogP contribution in [-0.4, -0.2) is 30.7 Å². The van der Waals surface area contributed by atoms with Crippen LogP contribution in [0.25, 0.3) is 0 Å². The number of pyridine rings is 1. The van der Waals surface area contributed by atoms with Crippen LogP contribution in [0.4, 0.5) is 5.69 Å². The van der Waals surface area contributed by atoms with Crippen LogP contribution in [0, 0.1) is 18.3 Å². The lowest BCUT2D eigenvalue weighted by Crippen LogP contribution is -2.29. The Bertz CT molecular complexity index is 1120. The molecule has 8 nitrogen and oxygen atoms in total. The highest BCUT2D eigenvalue weighted by Crippen LogP contribution is 2.51. The van der Waals surface area contributed by atoms with E-state index in [1.807, 2.05) is 20.8 Å². The van der Waals surface area contributed by atoms with Gasteiger partial charge in [0.15, 0.2) is 11.5 Å². The Morgan fingerprint density at radius 2 is 2.07 bits per heavy atom. The van der Waals surface area contributed by atoms with Crippen molar-refractivity contribution in [1.82, 2.24) is 4.98 Å². The SMILES string of the molecule is CCOc1ncc(C)c2c1C(c1ccc(C#N)c3c1OCCO3)C(C(N)=O)=C(C)N2. The van der Waals surface area contributed by atoms with E-state index in [1.165, 1.54) is 0 Å². The molecule has 0 radical (unpaired) electrons. The number of hydrogen-bond donors (Lipinski definition) is 2. The van der Waals surface area contributed by atoms with Gasteiger partial charge in [0.05, 0.1) is 29.3 Å². The van der Waals surface area contributed by atoms with Crippen molar-refractivity contribution in [3.8, 4) is 23.4 Å². The molecule has 0 fully saturated rings. The number of aryl methyl sites for hydroxylation is 1. The molecular weight excluding hydrogens is 384 g/mol. The van der Waals surface area contributed by atoms with Gasteiger partial charge in [0, 0.05) is 23.0 Å². The third-order valence-electron chi connectivity index (χ3n) is 5.26. The van der Waals surface area contributed by atoms with Crippen LogP contribution in [0.3, 0.4) is 0 Å². The Kier molecular flexibility index (Phi) is 4.96. The number of rotatable bonds is 4. The number of anilines is 1. The lowest BCUT2D eigenvalue weighted by molar-refractivity contribution is -0.114. The molecule has 30 heavy (non-hydrogen) atoms. The Morgan fingerprint density at radius 3 is 2.73 bits per heavy atom. The predicted molar refractivity (Wildman–Crippen MR) is 110 cm³/mol. The maximum Gasteiger partial charge on any atom is 0.247 e. The molecule has 4 rings (SSSR count). The number of ether oxygens (including phenoxy) is 3. The number of nitrogens with one attached hydrogen (secondary N) is 1. The Hall–Kier alpha value is -3.73. The molecule has 1 atom stereocenters. The second kappa shape index (κ2) is 7.59. The Morgan fingerprint density at radius 1 is 1.33 bits per heavy atom. The first-order valence-corrected chi connectivity index (χ1v) is 9.70. The molecule has 3 heterocycles. The maximum absolute atomic E-state index is 12.5. The van der Waals surface area contributed by atoms with Gasteiger partial charge in [0.1, 0.15) is 19.3 Å². The van der Waals surface area contributed by atoms with Gasteiger partial charge in [-0.05, 0) is 32.4 Å². The number of amides is 1. The molecule has 154 valence electrons. The minimum absolute atomic E-state index is 0.339. The number of nitriles is 1. The van der Waals surface area contributed by atoms with Gasteiger partial charge in [-0.1, -0.05) is 6.07 Å². The van der Waals surface area contributed by atoms with Crippen molar-refractivity contribution >= 4 is 11.6 Å². The summed E-state index contributed by atoms with van der Waals surface area (Å²) in [4.78, 5) is 17.0. The van der Waals surface area contributed by atoms with E-state index >= 15 is 0 Å². The first kappa shape index (κ1) is 19.6. The summed E-state index contributed by atoms with van der Waals surface area (Å²) in [5.74, 6) is 0.0806. The van der Waals surface area contributed by atoms with E-state index in [4.69, 9.17) is 19.9 Å². The van der Waals surface area contributed by atoms with E-state index in [0.29, 0.717) is 65.2 Å². The van der Waals surface area contributed by atoms with Gasteiger partial charge in [-0.3, -0.25) is 4.79 Å². The monoisotopic (exact) mass is 406 g/mol. The maximum atomic E-state index is 12.5. The van der Waals surface area contributed by atoms with Gasteiger partial charge >= 0.3 is 0 Å². The van der Waals surface area contributed by atoms with E-state index in [2.05, 4.69) is 16.4 Å². The molecule has 0 saturated carbocycles. The molecule has 1 aromatic heterocycles. The summed E-state index contributed by atoms with van der Waals surface area (Å²) in [6, 6.07) is 5.58. The van der Waals surface area contributed by atoms with Crippen LogP contribution in [0.1, 0.15) is 42.0 Å². The van der Waals surface area contributed by atoms with E-state index in [1.54, 1.807) is 18.3 Å². The van der Waals surface area contributed by atoms with Crippen LogP contribution in [-0.2, 0) is 4.79 Å². The lowest BCUT2D eigenvalue weighted by atomic mass is 9.79. The summed E-state index contributed by atoms with van der Waals surface area (Å²) < 4.78 is 17.5. The van der Waals surface area contributed by atoms with Crippen molar-refractivity contribution in [2.75, 3.05) is 25.1 Å². The molecule has 0 bridgehead atoms. The van der Waals surface area contributed by atoms with Crippen molar-refractivity contribution in [2.45, 2.75) is 26.7 Å². The molecule has 1 unspecified atom stereocenters. The number of nitrogens with two attached hydrogens (primary N) is 1. The Labute approximate surface area is 174 Å². The smallest absolute Gasteiger partial charge is 0.247 e. The molecule has 2 aromatic rings. The van der Waals surface area contributed by atoms with Gasteiger partial charge in [0.2, 0.25) is 11.8 Å². The van der Waals surface area contributed by atoms with Gasteiger partial charge in [-0.2, -0.15) is 5.26 Å². The molecular formula is C22H22N4O4. The molecule has 0 spiro atoms. The zero-order valence-corrected chi connectivity index (χ0v) is 17.0. The fraction of sp³-hybridized carbons (Fsp3) is 0.318. The van der Waals surface area contributed by atoms with Crippen LogP contribution in [0.15, 0.2) is 29.6 Å². The van der Waals surface area contributed by atoms with Gasteiger partial charge in [-0.15, -0.1) is 0 Å². The fourth-order valence-corrected chi connectivity index (χ4v) is 4.02. The standard InChI is InChI=1S/C22H22N4O4/c1-4-28-22-17-16(14-6-5-13(9-23)19-20(14)30-8-7-29-19)15(21(24)27)12(3)26-18(17)11(2)10-25-22/h5-6,10,16,26H,4,7-8H2,1-3H3,(H2,24,27). The average Bonchev–Trinajstić information content (AvgIpc) is 2.74. The summed E-state index contributed by atoms with van der Waals surface area (Å²) >= 11 is 0. The van der Waals surface area contributed by atoms with Gasteiger partial charge in [0.25, 0.3) is 0 Å². The van der Waals surface area contributed by atoms with Crippen molar-refractivity contribution in [3.05, 3.63) is 51.9 Å². The van der Waals surface area contributed by atoms with Gasteiger partial charge in [-0.25, -0.2) is 4.98 Å². The minimum Gasteiger partial charge on any atom is -0.486 e. The van der Waals surface area contributed by atoms with E-state index in [9.17, 15) is 10.1 Å². The second-order valence-corrected chi connectivity index (χ2v) is 7.10. The molecule has 8 heteroatoms. The molecule has 1 amide bonds. The van der Waals surface area contributed by atoms with E-state index in [0.717, 1.165) is 11.3 Å². The zero-order chi connectivity index (χ0) is 21.4. The van der Waals surface area contributed by atoms with Crippen molar-refractivity contribution < 1.29 is 19.0 Å². The minimum atomic E-state index is -0.587. The number of carbonyl (C=O) groups is 1. The molecule has 3 N–H and O–H groups in total. The number of allylic oxidation sites excluding steroid dienone is 1. The van der Waals surface area contributed by atoms with Crippen molar-refractivity contribution in [1.29, 1.82) is 5.26 Å². The first-order chi connectivity index (χ1) is 14.5. The second-order valence-electron chi connectivity index (χ2n) is 7.10. The summed E-state index contributed by atoms with van der Waals surface area (Å²) in [5.41, 5.74) is 10.3. The summed E-state index contributed by atoms with van der Waals surface area (Å²) in [5, 5.41) is 12.8. The fourth-order valence-electron chi connectivity index (χ4n) is 4.02. The zero-order valence-electron chi connectivity index (χ0n) is 17.0. The largest absolute Gasteiger partial charge is 0.486 e. The highest BCUT2D eigenvalue weighted by atomic mass is 16.6. The summed E-state index contributed by atoms with van der Waals surface area (Å²) in [6.07, 6.45) is 1.73. The van der Waals surface area contributed by atoms with Crippen molar-refractivity contribution in [3.63, 3.8) is 0 Å². The topological polar surface area (TPSA) is 119 Å². The summed E-state index contributed by atoms with van der Waals surface area (Å²) in [6.45, 7) is 6.71. The molecule has 2 aliphatic rings. The number of primary amides is 1. The number of hydrogen-bond acceptors (Lipinski definition) is 7. The molecule has 1 aromatic carbocycles. The number of benzene rings is 1. The Balaban J connectivity index is 2.05. The predicted octanol–water partition coefficient (Wildman–Crippen LogP) is 2.75. The highest BCUT2D eigenvalue weighted by molar-refractivity contribution is 5.98. The molecule has 2 aliphatic heterocycles. The number of fused-ring (bicyclic) bond motifs is 2. The normalized spacial score (nSPS) is 16.9. The third-order valence-corrected chi connectivity index (χ3v) is 5.26. The van der Waals surface area contributed by atoms with Gasteiger partial charge < -0.3 is 25.3 Å². The van der Waals surface area contributed by atoms with Crippen LogP contribution < -0.4 is 25.3 Å². The lowest BCUT2D eigenvalue weighted by Gasteiger charge is -2.33. The van der Waals surface area contributed by atoms with E-state index in [-0.39, 0.29) is 0 Å². The molecule has 0 aliphatic carbocycles. The average molecular weight is 406 g/mol. The van der Waals surface area contributed by atoms with Crippen LogP contribution in [0.2, 0.25) is 0 Å². The van der Waals surface area contributed by atoms with Crippen LogP contribution >= 0.6 is 0 Å².